The standard InChI is InChI=1S/C29H30N2O5/c30-27(15-16-32)26(23-11-13-25(14-12-23)35-19-22-9-5-2-6-10-22)18-28(33)31-24(20-36-29(31)34)17-21-7-3-1-4-8-21/h1-14,24,26,30,32H,15-20H2/t24-,26-/m0/s1. The normalized spacial score (nSPS) is 15.9. The third-order valence-electron chi connectivity index (χ3n) is 6.26. The highest BCUT2D eigenvalue weighted by atomic mass is 16.6. The average Bonchev–Trinajstić information content (AvgIpc) is 3.27. The summed E-state index contributed by atoms with van der Waals surface area (Å²) in [5.74, 6) is -0.290. The molecule has 1 aliphatic heterocycles. The van der Waals surface area contributed by atoms with Gasteiger partial charge in [-0.25, -0.2) is 9.69 Å². The lowest BCUT2D eigenvalue weighted by Crippen LogP contribution is -2.41. The second-order valence-corrected chi connectivity index (χ2v) is 8.78. The van der Waals surface area contributed by atoms with Gasteiger partial charge in [-0.05, 0) is 35.2 Å². The first-order chi connectivity index (χ1) is 17.5. The van der Waals surface area contributed by atoms with E-state index >= 15 is 0 Å². The molecule has 1 heterocycles. The number of cyclic esters (lactones) is 1. The van der Waals surface area contributed by atoms with Gasteiger partial charge in [0.2, 0.25) is 5.91 Å². The summed E-state index contributed by atoms with van der Waals surface area (Å²) in [6.07, 6.45) is -0.0752. The molecule has 1 fully saturated rings. The van der Waals surface area contributed by atoms with Crippen LogP contribution in [0.15, 0.2) is 84.9 Å². The number of carbonyl (C=O) groups is 2. The van der Waals surface area contributed by atoms with E-state index in [1.807, 2.05) is 84.9 Å². The van der Waals surface area contributed by atoms with Gasteiger partial charge in [0.1, 0.15) is 19.0 Å². The van der Waals surface area contributed by atoms with Crippen LogP contribution < -0.4 is 4.74 Å². The lowest BCUT2D eigenvalue weighted by molar-refractivity contribution is -0.129. The fraction of sp³-hybridized carbons (Fsp3) is 0.276. The summed E-state index contributed by atoms with van der Waals surface area (Å²) >= 11 is 0. The lowest BCUT2D eigenvalue weighted by Gasteiger charge is -2.24. The number of rotatable bonds is 11. The SMILES string of the molecule is N=C(CCO)[C@@H](CC(=O)N1C(=O)OC[C@@H]1Cc1ccccc1)c1ccc(OCc2ccccc2)cc1. The van der Waals surface area contributed by atoms with Gasteiger partial charge in [0.15, 0.2) is 0 Å². The van der Waals surface area contributed by atoms with Crippen LogP contribution in [0, 0.1) is 5.41 Å². The van der Waals surface area contributed by atoms with Gasteiger partial charge in [0, 0.05) is 31.1 Å². The Bertz CT molecular complexity index is 1170. The number of hydrogen-bond acceptors (Lipinski definition) is 6. The van der Waals surface area contributed by atoms with Crippen molar-refractivity contribution in [2.45, 2.75) is 37.8 Å². The van der Waals surface area contributed by atoms with Gasteiger partial charge in [0.25, 0.3) is 0 Å². The Morgan fingerprint density at radius 3 is 2.28 bits per heavy atom. The molecule has 3 aromatic carbocycles. The highest BCUT2D eigenvalue weighted by Gasteiger charge is 2.39. The van der Waals surface area contributed by atoms with Gasteiger partial charge in [-0.1, -0.05) is 72.8 Å². The Morgan fingerprint density at radius 1 is 1.00 bits per heavy atom. The highest BCUT2D eigenvalue weighted by Crippen LogP contribution is 2.28. The maximum atomic E-state index is 13.3. The van der Waals surface area contributed by atoms with Gasteiger partial charge in [-0.15, -0.1) is 0 Å². The fourth-order valence-electron chi connectivity index (χ4n) is 4.35. The number of aliphatic hydroxyl groups excluding tert-OH is 1. The van der Waals surface area contributed by atoms with E-state index in [1.54, 1.807) is 0 Å². The van der Waals surface area contributed by atoms with E-state index in [2.05, 4.69) is 0 Å². The second-order valence-electron chi connectivity index (χ2n) is 8.78. The number of carbonyl (C=O) groups excluding carboxylic acids is 2. The number of aliphatic hydroxyl groups is 1. The minimum Gasteiger partial charge on any atom is -0.489 e. The van der Waals surface area contributed by atoms with Gasteiger partial charge in [-0.3, -0.25) is 4.79 Å². The minimum absolute atomic E-state index is 0.0660. The summed E-state index contributed by atoms with van der Waals surface area (Å²) in [5.41, 5.74) is 3.05. The molecule has 2 N–H and O–H groups in total. The summed E-state index contributed by atoms with van der Waals surface area (Å²) in [6, 6.07) is 26.4. The Morgan fingerprint density at radius 2 is 1.64 bits per heavy atom. The zero-order chi connectivity index (χ0) is 25.3. The Labute approximate surface area is 210 Å². The lowest BCUT2D eigenvalue weighted by atomic mass is 9.88. The molecule has 0 bridgehead atoms. The van der Waals surface area contributed by atoms with E-state index in [-0.39, 0.29) is 31.8 Å². The van der Waals surface area contributed by atoms with E-state index in [4.69, 9.17) is 14.9 Å². The molecule has 2 amide bonds. The molecule has 0 radical (unpaired) electrons. The molecule has 1 aliphatic rings. The van der Waals surface area contributed by atoms with Crippen LogP contribution in [-0.2, 0) is 22.6 Å². The molecule has 4 rings (SSSR count). The third kappa shape index (κ3) is 6.37. The van der Waals surface area contributed by atoms with Crippen LogP contribution in [0.1, 0.15) is 35.4 Å². The molecule has 0 spiro atoms. The van der Waals surface area contributed by atoms with Gasteiger partial charge in [0.05, 0.1) is 6.04 Å². The number of imide groups is 1. The van der Waals surface area contributed by atoms with Crippen molar-refractivity contribution >= 4 is 17.7 Å². The minimum atomic E-state index is -0.655. The maximum Gasteiger partial charge on any atom is 0.416 e. The van der Waals surface area contributed by atoms with Gasteiger partial charge < -0.3 is 20.0 Å². The van der Waals surface area contributed by atoms with E-state index < -0.39 is 24.0 Å². The number of benzene rings is 3. The predicted octanol–water partition coefficient (Wildman–Crippen LogP) is 4.73. The van der Waals surface area contributed by atoms with E-state index in [0.717, 1.165) is 16.7 Å². The molecule has 7 heteroatoms. The molecule has 0 aromatic heterocycles. The van der Waals surface area contributed by atoms with Crippen LogP contribution in [0.4, 0.5) is 4.79 Å². The summed E-state index contributed by atoms with van der Waals surface area (Å²) in [7, 11) is 0. The number of ether oxygens (including phenoxy) is 2. The van der Waals surface area contributed by atoms with Gasteiger partial charge in [-0.2, -0.15) is 0 Å². The highest BCUT2D eigenvalue weighted by molar-refractivity contribution is 5.98. The third-order valence-corrected chi connectivity index (χ3v) is 6.26. The molecular formula is C29H30N2O5. The van der Waals surface area contributed by atoms with Crippen molar-refractivity contribution in [3.8, 4) is 5.75 Å². The van der Waals surface area contributed by atoms with E-state index in [9.17, 15) is 14.7 Å². The van der Waals surface area contributed by atoms with Crippen molar-refractivity contribution in [2.24, 2.45) is 0 Å². The first-order valence-electron chi connectivity index (χ1n) is 12.0. The molecule has 36 heavy (non-hydrogen) atoms. The number of amides is 2. The van der Waals surface area contributed by atoms with Crippen LogP contribution in [0.5, 0.6) is 5.75 Å². The fourth-order valence-corrected chi connectivity index (χ4v) is 4.35. The van der Waals surface area contributed by atoms with Crippen LogP contribution in [-0.4, -0.2) is 47.0 Å². The van der Waals surface area contributed by atoms with E-state index in [0.29, 0.717) is 18.8 Å². The Balaban J connectivity index is 1.46. The molecule has 0 aliphatic carbocycles. The maximum absolute atomic E-state index is 13.3. The summed E-state index contributed by atoms with van der Waals surface area (Å²) in [5, 5.41) is 17.9. The number of nitrogens with zero attached hydrogens (tertiary/aromatic N) is 1. The molecule has 7 nitrogen and oxygen atoms in total. The molecule has 186 valence electrons. The summed E-state index contributed by atoms with van der Waals surface area (Å²) in [6.45, 7) is 0.387. The van der Waals surface area contributed by atoms with Crippen LogP contribution in [0.2, 0.25) is 0 Å². The van der Waals surface area contributed by atoms with Crippen LogP contribution in [0.3, 0.4) is 0 Å². The molecule has 3 aromatic rings. The van der Waals surface area contributed by atoms with Crippen molar-refractivity contribution in [2.75, 3.05) is 13.2 Å². The Kier molecular flexibility index (Phi) is 8.47. The van der Waals surface area contributed by atoms with Crippen molar-refractivity contribution in [3.05, 3.63) is 102 Å². The second kappa shape index (κ2) is 12.1. The van der Waals surface area contributed by atoms with Crippen molar-refractivity contribution in [1.82, 2.24) is 4.90 Å². The van der Waals surface area contributed by atoms with Crippen molar-refractivity contribution < 1.29 is 24.2 Å². The number of hydrogen-bond donors (Lipinski definition) is 2. The quantitative estimate of drug-likeness (QED) is 0.382. The monoisotopic (exact) mass is 486 g/mol. The summed E-state index contributed by atoms with van der Waals surface area (Å²) in [4.78, 5) is 26.9. The van der Waals surface area contributed by atoms with Crippen LogP contribution in [0.25, 0.3) is 0 Å². The predicted molar refractivity (Wildman–Crippen MR) is 136 cm³/mol. The van der Waals surface area contributed by atoms with Crippen molar-refractivity contribution in [1.29, 1.82) is 5.41 Å². The topological polar surface area (TPSA) is 99.9 Å². The summed E-state index contributed by atoms with van der Waals surface area (Å²) < 4.78 is 11.1. The van der Waals surface area contributed by atoms with E-state index in [1.165, 1.54) is 4.90 Å². The first-order valence-corrected chi connectivity index (χ1v) is 12.0. The Hall–Kier alpha value is -3.97. The first kappa shape index (κ1) is 25.1. The number of nitrogens with one attached hydrogen (secondary N) is 1. The molecule has 1 saturated heterocycles. The van der Waals surface area contributed by atoms with Gasteiger partial charge >= 0.3 is 6.09 Å². The zero-order valence-electron chi connectivity index (χ0n) is 20.0. The van der Waals surface area contributed by atoms with Crippen LogP contribution >= 0.6 is 0 Å². The smallest absolute Gasteiger partial charge is 0.416 e. The molecular weight excluding hydrogens is 456 g/mol. The molecule has 0 unspecified atom stereocenters. The average molecular weight is 487 g/mol. The van der Waals surface area contributed by atoms with Crippen molar-refractivity contribution in [3.63, 3.8) is 0 Å². The molecule has 0 saturated carbocycles. The molecule has 2 atom stereocenters. The largest absolute Gasteiger partial charge is 0.489 e. The zero-order valence-corrected chi connectivity index (χ0v) is 20.0.